The van der Waals surface area contributed by atoms with E-state index in [1.165, 1.54) is 13.2 Å². The van der Waals surface area contributed by atoms with Crippen molar-refractivity contribution in [2.45, 2.75) is 19.8 Å². The van der Waals surface area contributed by atoms with Crippen molar-refractivity contribution in [3.63, 3.8) is 0 Å². The number of aromatic carboxylic acids is 1. The summed E-state index contributed by atoms with van der Waals surface area (Å²) in [5.41, 5.74) is 1.48. The zero-order valence-corrected chi connectivity index (χ0v) is 12.3. The molecule has 0 radical (unpaired) electrons. The highest BCUT2D eigenvalue weighted by Gasteiger charge is 2.20. The van der Waals surface area contributed by atoms with Gasteiger partial charge in [-0.15, -0.1) is 0 Å². The smallest absolute Gasteiger partial charge is 0.358 e. The SMILES string of the molecule is COc1cc(C(C)C)cc(-c2cc(C(=O)O)no2)c1OC. The van der Waals surface area contributed by atoms with Gasteiger partial charge >= 0.3 is 5.97 Å². The van der Waals surface area contributed by atoms with Crippen LogP contribution in [0.15, 0.2) is 22.7 Å². The van der Waals surface area contributed by atoms with Crippen LogP contribution in [0.1, 0.15) is 35.8 Å². The van der Waals surface area contributed by atoms with Crippen LogP contribution in [0.5, 0.6) is 11.5 Å². The molecule has 1 aromatic carbocycles. The minimum atomic E-state index is -1.14. The molecule has 21 heavy (non-hydrogen) atoms. The number of carboxylic acids is 1. The van der Waals surface area contributed by atoms with Crippen molar-refractivity contribution in [2.24, 2.45) is 0 Å². The number of carbonyl (C=O) groups is 1. The third kappa shape index (κ3) is 2.84. The highest BCUT2D eigenvalue weighted by Crippen LogP contribution is 2.41. The Kier molecular flexibility index (Phi) is 4.16. The molecule has 2 aromatic rings. The Labute approximate surface area is 122 Å². The molecule has 0 amide bonds. The van der Waals surface area contributed by atoms with Gasteiger partial charge in [-0.2, -0.15) is 0 Å². The van der Waals surface area contributed by atoms with Crippen LogP contribution in [0, 0.1) is 0 Å². The maximum Gasteiger partial charge on any atom is 0.358 e. The van der Waals surface area contributed by atoms with Gasteiger partial charge in [-0.3, -0.25) is 0 Å². The van der Waals surface area contributed by atoms with Gasteiger partial charge in [0.2, 0.25) is 0 Å². The van der Waals surface area contributed by atoms with Crippen LogP contribution in [-0.2, 0) is 0 Å². The van der Waals surface area contributed by atoms with Gasteiger partial charge in [-0.05, 0) is 23.6 Å². The third-order valence-corrected chi connectivity index (χ3v) is 3.16. The molecule has 0 spiro atoms. The Morgan fingerprint density at radius 3 is 2.43 bits per heavy atom. The Morgan fingerprint density at radius 1 is 1.24 bits per heavy atom. The van der Waals surface area contributed by atoms with Crippen molar-refractivity contribution in [2.75, 3.05) is 14.2 Å². The largest absolute Gasteiger partial charge is 0.493 e. The summed E-state index contributed by atoms with van der Waals surface area (Å²) >= 11 is 0. The monoisotopic (exact) mass is 291 g/mol. The second-order valence-electron chi connectivity index (χ2n) is 4.84. The quantitative estimate of drug-likeness (QED) is 0.911. The van der Waals surface area contributed by atoms with Gasteiger partial charge in [0.15, 0.2) is 23.0 Å². The lowest BCUT2D eigenvalue weighted by Gasteiger charge is -2.15. The molecule has 2 rings (SSSR count). The Morgan fingerprint density at radius 2 is 1.95 bits per heavy atom. The van der Waals surface area contributed by atoms with Gasteiger partial charge in [0.1, 0.15) is 0 Å². The number of benzene rings is 1. The number of aromatic nitrogens is 1. The first-order chi connectivity index (χ1) is 9.97. The van der Waals surface area contributed by atoms with E-state index in [9.17, 15) is 4.79 Å². The second kappa shape index (κ2) is 5.87. The molecular weight excluding hydrogens is 274 g/mol. The third-order valence-electron chi connectivity index (χ3n) is 3.16. The number of hydrogen-bond donors (Lipinski definition) is 1. The lowest BCUT2D eigenvalue weighted by Crippen LogP contribution is -1.97. The minimum absolute atomic E-state index is 0.152. The van der Waals surface area contributed by atoms with Crippen molar-refractivity contribution in [1.82, 2.24) is 5.16 Å². The maximum absolute atomic E-state index is 10.9. The number of hydrogen-bond acceptors (Lipinski definition) is 5. The van der Waals surface area contributed by atoms with Crippen molar-refractivity contribution in [1.29, 1.82) is 0 Å². The van der Waals surface area contributed by atoms with Crippen LogP contribution in [0.4, 0.5) is 0 Å². The van der Waals surface area contributed by atoms with Crippen molar-refractivity contribution >= 4 is 5.97 Å². The molecule has 0 aliphatic rings. The molecule has 0 aliphatic heterocycles. The van der Waals surface area contributed by atoms with E-state index in [0.29, 0.717) is 22.8 Å². The predicted molar refractivity (Wildman–Crippen MR) is 76.1 cm³/mol. The summed E-state index contributed by atoms with van der Waals surface area (Å²) in [5.74, 6) is 0.494. The van der Waals surface area contributed by atoms with E-state index in [0.717, 1.165) is 5.56 Å². The lowest BCUT2D eigenvalue weighted by molar-refractivity contribution is 0.0686. The average molecular weight is 291 g/mol. The summed E-state index contributed by atoms with van der Waals surface area (Å²) in [6.07, 6.45) is 0. The molecule has 0 bridgehead atoms. The van der Waals surface area contributed by atoms with Crippen LogP contribution < -0.4 is 9.47 Å². The zero-order valence-electron chi connectivity index (χ0n) is 12.3. The van der Waals surface area contributed by atoms with E-state index in [1.54, 1.807) is 7.11 Å². The van der Waals surface area contributed by atoms with Crippen LogP contribution in [0.3, 0.4) is 0 Å². The molecule has 0 aliphatic carbocycles. The Bertz CT molecular complexity index is 660. The highest BCUT2D eigenvalue weighted by atomic mass is 16.5. The van der Waals surface area contributed by atoms with E-state index in [1.807, 2.05) is 26.0 Å². The molecule has 1 N–H and O–H groups in total. The maximum atomic E-state index is 10.9. The second-order valence-corrected chi connectivity index (χ2v) is 4.84. The summed E-state index contributed by atoms with van der Waals surface area (Å²) in [5, 5.41) is 12.5. The topological polar surface area (TPSA) is 81.8 Å². The fourth-order valence-corrected chi connectivity index (χ4v) is 2.00. The summed E-state index contributed by atoms with van der Waals surface area (Å²) in [4.78, 5) is 10.9. The fourth-order valence-electron chi connectivity index (χ4n) is 2.00. The molecule has 0 saturated carbocycles. The van der Waals surface area contributed by atoms with E-state index in [2.05, 4.69) is 5.16 Å². The van der Waals surface area contributed by atoms with Gasteiger partial charge in [0, 0.05) is 6.07 Å². The van der Waals surface area contributed by atoms with Crippen LogP contribution in [0.2, 0.25) is 0 Å². The molecule has 6 nitrogen and oxygen atoms in total. The number of carboxylic acid groups (broad SMARTS) is 1. The van der Waals surface area contributed by atoms with E-state index >= 15 is 0 Å². The molecule has 6 heteroatoms. The molecule has 112 valence electrons. The Balaban J connectivity index is 2.63. The molecule has 0 fully saturated rings. The molecular formula is C15H17NO5. The van der Waals surface area contributed by atoms with Crippen LogP contribution in [-0.4, -0.2) is 30.5 Å². The first-order valence-electron chi connectivity index (χ1n) is 6.44. The first-order valence-corrected chi connectivity index (χ1v) is 6.44. The zero-order chi connectivity index (χ0) is 15.6. The summed E-state index contributed by atoms with van der Waals surface area (Å²) in [6.45, 7) is 4.10. The van der Waals surface area contributed by atoms with Gasteiger partial charge in [-0.25, -0.2) is 4.79 Å². The standard InChI is InChI=1S/C15H17NO5/c1-8(2)9-5-10(14(20-4)13(6-9)19-3)12-7-11(15(17)18)16-21-12/h5-8H,1-4H3,(H,17,18). The van der Waals surface area contributed by atoms with Gasteiger partial charge in [0.25, 0.3) is 0 Å². The first kappa shape index (κ1) is 14.9. The summed E-state index contributed by atoms with van der Waals surface area (Å²) < 4.78 is 15.8. The fraction of sp³-hybridized carbons (Fsp3) is 0.333. The normalized spacial score (nSPS) is 10.7. The van der Waals surface area contributed by atoms with Crippen molar-refractivity contribution in [3.8, 4) is 22.8 Å². The molecule has 0 atom stereocenters. The van der Waals surface area contributed by atoms with Crippen molar-refractivity contribution in [3.05, 3.63) is 29.5 Å². The number of rotatable bonds is 5. The summed E-state index contributed by atoms with van der Waals surface area (Å²) in [7, 11) is 3.07. The average Bonchev–Trinajstić information content (AvgIpc) is 2.95. The predicted octanol–water partition coefficient (Wildman–Crippen LogP) is 3.18. The molecule has 0 unspecified atom stereocenters. The lowest BCUT2D eigenvalue weighted by atomic mass is 9.98. The number of methoxy groups -OCH3 is 2. The van der Waals surface area contributed by atoms with Gasteiger partial charge in [-0.1, -0.05) is 19.0 Å². The number of nitrogens with zero attached hydrogens (tertiary/aromatic N) is 1. The van der Waals surface area contributed by atoms with Crippen LogP contribution in [0.25, 0.3) is 11.3 Å². The molecule has 1 heterocycles. The van der Waals surface area contributed by atoms with E-state index < -0.39 is 5.97 Å². The Hall–Kier alpha value is -2.50. The van der Waals surface area contributed by atoms with Gasteiger partial charge < -0.3 is 19.1 Å². The molecule has 1 aromatic heterocycles. The molecule has 0 saturated heterocycles. The van der Waals surface area contributed by atoms with Gasteiger partial charge in [0.05, 0.1) is 19.8 Å². The number of ether oxygens (including phenoxy) is 2. The van der Waals surface area contributed by atoms with E-state index in [4.69, 9.17) is 19.1 Å². The highest BCUT2D eigenvalue weighted by molar-refractivity contribution is 5.87. The van der Waals surface area contributed by atoms with E-state index in [-0.39, 0.29) is 11.6 Å². The minimum Gasteiger partial charge on any atom is -0.493 e. The van der Waals surface area contributed by atoms with Crippen molar-refractivity contribution < 1.29 is 23.9 Å². The summed E-state index contributed by atoms with van der Waals surface area (Å²) in [6, 6.07) is 5.14. The van der Waals surface area contributed by atoms with Crippen LogP contribution >= 0.6 is 0 Å².